The number of rotatable bonds is 9. The molecule has 220 valence electrons. The maximum Gasteiger partial charge on any atom is 0.332 e. The molecule has 0 fully saturated rings. The van der Waals surface area contributed by atoms with Crippen molar-refractivity contribution in [3.05, 3.63) is 119 Å². The molecule has 0 unspecified atom stereocenters. The molecule has 1 aromatic heterocycles. The molecule has 6 rings (SSSR count). The fourth-order valence-corrected chi connectivity index (χ4v) is 5.77. The van der Waals surface area contributed by atoms with Gasteiger partial charge in [-0.25, -0.2) is 4.79 Å². The van der Waals surface area contributed by atoms with Crippen LogP contribution >= 0.6 is 0 Å². The highest BCUT2D eigenvalue weighted by molar-refractivity contribution is 6.21. The zero-order chi connectivity index (χ0) is 30.8. The van der Waals surface area contributed by atoms with Crippen molar-refractivity contribution in [1.82, 2.24) is 4.57 Å². The standard InChI is InChI=1S/C37H32N2O5/c1-5-39-32-18-13-26(36(38-44-23(3)40)25-11-16-28(42-4)17-12-25)21-30(32)31-22-27(14-19-33(31)39)37(41)35-29-10-8-7-9-24(29)15-20-34(35)43-6-2/h7-22H,5-6H2,1-4H3/b38-36-. The second-order valence-electron chi connectivity index (χ2n) is 10.4. The number of carbonyl (C=O) groups is 2. The van der Waals surface area contributed by atoms with E-state index >= 15 is 0 Å². The Morgan fingerprint density at radius 2 is 1.41 bits per heavy atom. The Bertz CT molecular complexity index is 2070. The summed E-state index contributed by atoms with van der Waals surface area (Å²) in [6.07, 6.45) is 0. The Balaban J connectivity index is 1.53. The number of hydrogen-bond donors (Lipinski definition) is 0. The van der Waals surface area contributed by atoms with Crippen LogP contribution in [0.5, 0.6) is 11.5 Å². The fraction of sp³-hybridized carbons (Fsp3) is 0.162. The molecule has 6 aromatic rings. The zero-order valence-electron chi connectivity index (χ0n) is 25.1. The van der Waals surface area contributed by atoms with Gasteiger partial charge in [-0.3, -0.25) is 4.79 Å². The molecule has 0 saturated heterocycles. The van der Waals surface area contributed by atoms with E-state index in [1.807, 2.05) is 104 Å². The van der Waals surface area contributed by atoms with Gasteiger partial charge in [-0.2, -0.15) is 0 Å². The van der Waals surface area contributed by atoms with Crippen LogP contribution < -0.4 is 9.47 Å². The monoisotopic (exact) mass is 584 g/mol. The van der Waals surface area contributed by atoms with E-state index in [2.05, 4.69) is 16.6 Å². The fourth-order valence-electron chi connectivity index (χ4n) is 5.77. The van der Waals surface area contributed by atoms with Gasteiger partial charge in [0.25, 0.3) is 0 Å². The largest absolute Gasteiger partial charge is 0.497 e. The molecule has 7 nitrogen and oxygen atoms in total. The van der Waals surface area contributed by atoms with Crippen molar-refractivity contribution in [2.24, 2.45) is 5.16 Å². The second kappa shape index (κ2) is 12.1. The maximum absolute atomic E-state index is 14.2. The quantitative estimate of drug-likeness (QED) is 0.0747. The molecule has 0 aliphatic heterocycles. The van der Waals surface area contributed by atoms with Crippen LogP contribution in [0.1, 0.15) is 47.8 Å². The summed E-state index contributed by atoms with van der Waals surface area (Å²) in [4.78, 5) is 31.0. The van der Waals surface area contributed by atoms with Gasteiger partial charge < -0.3 is 18.9 Å². The van der Waals surface area contributed by atoms with Crippen molar-refractivity contribution in [2.75, 3.05) is 13.7 Å². The molecule has 0 spiro atoms. The maximum atomic E-state index is 14.2. The van der Waals surface area contributed by atoms with Crippen LogP contribution in [0, 0.1) is 0 Å². The van der Waals surface area contributed by atoms with Gasteiger partial charge in [-0.05, 0) is 85.3 Å². The first-order valence-electron chi connectivity index (χ1n) is 14.6. The lowest BCUT2D eigenvalue weighted by atomic mass is 9.95. The van der Waals surface area contributed by atoms with Gasteiger partial charge >= 0.3 is 5.97 Å². The minimum Gasteiger partial charge on any atom is -0.497 e. The van der Waals surface area contributed by atoms with E-state index < -0.39 is 5.97 Å². The van der Waals surface area contributed by atoms with Gasteiger partial charge in [0.1, 0.15) is 17.2 Å². The van der Waals surface area contributed by atoms with E-state index in [4.69, 9.17) is 14.3 Å². The van der Waals surface area contributed by atoms with Gasteiger partial charge in [0.05, 0.1) is 19.3 Å². The summed E-state index contributed by atoms with van der Waals surface area (Å²) in [5.74, 6) is 0.664. The molecule has 7 heteroatoms. The number of ketones is 1. The molecule has 0 radical (unpaired) electrons. The SMILES string of the molecule is CCOc1ccc2ccccc2c1C(=O)c1ccc2c(c1)c1cc(/C(=N\OC(C)=O)c3ccc(OC)cc3)ccc1n2CC. The molecule has 0 aliphatic carbocycles. The highest BCUT2D eigenvalue weighted by atomic mass is 16.7. The van der Waals surface area contributed by atoms with Crippen molar-refractivity contribution in [3.8, 4) is 11.5 Å². The van der Waals surface area contributed by atoms with E-state index in [1.54, 1.807) is 7.11 Å². The first-order valence-corrected chi connectivity index (χ1v) is 14.6. The highest BCUT2D eigenvalue weighted by Gasteiger charge is 2.21. The minimum atomic E-state index is -0.511. The highest BCUT2D eigenvalue weighted by Crippen LogP contribution is 2.35. The molecule has 44 heavy (non-hydrogen) atoms. The Hall–Kier alpha value is -5.43. The van der Waals surface area contributed by atoms with Gasteiger partial charge in [0.2, 0.25) is 0 Å². The van der Waals surface area contributed by atoms with Gasteiger partial charge in [-0.15, -0.1) is 0 Å². The van der Waals surface area contributed by atoms with E-state index in [9.17, 15) is 9.59 Å². The van der Waals surface area contributed by atoms with Crippen LogP contribution in [0.2, 0.25) is 0 Å². The summed E-state index contributed by atoms with van der Waals surface area (Å²) >= 11 is 0. The summed E-state index contributed by atoms with van der Waals surface area (Å²) in [6, 6.07) is 31.0. The number of methoxy groups -OCH3 is 1. The van der Waals surface area contributed by atoms with Crippen molar-refractivity contribution in [3.63, 3.8) is 0 Å². The number of benzene rings is 5. The van der Waals surface area contributed by atoms with Crippen LogP contribution in [-0.2, 0) is 16.2 Å². The third kappa shape index (κ3) is 5.17. The number of ether oxygens (including phenoxy) is 2. The zero-order valence-corrected chi connectivity index (χ0v) is 25.1. The lowest BCUT2D eigenvalue weighted by molar-refractivity contribution is -0.140. The first kappa shape index (κ1) is 28.7. The third-order valence-corrected chi connectivity index (χ3v) is 7.76. The Kier molecular flexibility index (Phi) is 7.85. The summed E-state index contributed by atoms with van der Waals surface area (Å²) in [7, 11) is 1.61. The summed E-state index contributed by atoms with van der Waals surface area (Å²) in [5, 5.41) is 7.96. The van der Waals surface area contributed by atoms with Gasteiger partial charge in [-0.1, -0.05) is 41.6 Å². The number of fused-ring (bicyclic) bond motifs is 4. The number of aromatic nitrogens is 1. The topological polar surface area (TPSA) is 79.1 Å². The first-order chi connectivity index (χ1) is 21.4. The number of aryl methyl sites for hydroxylation is 1. The molecule has 5 aromatic carbocycles. The van der Waals surface area contributed by atoms with Crippen LogP contribution in [0.25, 0.3) is 32.6 Å². The predicted molar refractivity (Wildman–Crippen MR) is 174 cm³/mol. The molecule has 0 aliphatic rings. The molecular formula is C37H32N2O5. The van der Waals surface area contributed by atoms with E-state index in [0.717, 1.165) is 50.2 Å². The minimum absolute atomic E-state index is 0.101. The summed E-state index contributed by atoms with van der Waals surface area (Å²) < 4.78 is 13.5. The Labute approximate surface area is 255 Å². The van der Waals surface area contributed by atoms with Gasteiger partial charge in [0.15, 0.2) is 5.78 Å². The predicted octanol–water partition coefficient (Wildman–Crippen LogP) is 7.92. The molecule has 0 amide bonds. The lowest BCUT2D eigenvalue weighted by Crippen LogP contribution is -2.06. The molecule has 0 atom stereocenters. The van der Waals surface area contributed by atoms with Crippen LogP contribution in [-0.4, -0.2) is 35.7 Å². The molecular weight excluding hydrogens is 552 g/mol. The average Bonchev–Trinajstić information content (AvgIpc) is 3.37. The average molecular weight is 585 g/mol. The second-order valence-corrected chi connectivity index (χ2v) is 10.4. The van der Waals surface area contributed by atoms with Crippen molar-refractivity contribution >= 4 is 50.0 Å². The Morgan fingerprint density at radius 1 is 0.750 bits per heavy atom. The van der Waals surface area contributed by atoms with Crippen LogP contribution in [0.15, 0.2) is 102 Å². The number of nitrogens with zero attached hydrogens (tertiary/aromatic N) is 2. The van der Waals surface area contributed by atoms with E-state index in [-0.39, 0.29) is 5.78 Å². The van der Waals surface area contributed by atoms with Gasteiger partial charge in [0, 0.05) is 52.0 Å². The van der Waals surface area contributed by atoms with E-state index in [1.165, 1.54) is 6.92 Å². The summed E-state index contributed by atoms with van der Waals surface area (Å²) in [5.41, 5.74) is 5.20. The Morgan fingerprint density at radius 3 is 2.07 bits per heavy atom. The van der Waals surface area contributed by atoms with Crippen molar-refractivity contribution in [2.45, 2.75) is 27.3 Å². The molecule has 0 N–H and O–H groups in total. The third-order valence-electron chi connectivity index (χ3n) is 7.76. The summed E-state index contributed by atoms with van der Waals surface area (Å²) in [6.45, 7) is 6.53. The van der Waals surface area contributed by atoms with Crippen LogP contribution in [0.4, 0.5) is 0 Å². The number of carbonyl (C=O) groups excluding carboxylic acids is 2. The van der Waals surface area contributed by atoms with Crippen molar-refractivity contribution < 1.29 is 23.9 Å². The molecule has 1 heterocycles. The number of hydrogen-bond acceptors (Lipinski definition) is 6. The van der Waals surface area contributed by atoms with Crippen LogP contribution in [0.3, 0.4) is 0 Å². The van der Waals surface area contributed by atoms with Crippen molar-refractivity contribution in [1.29, 1.82) is 0 Å². The van der Waals surface area contributed by atoms with E-state index in [0.29, 0.717) is 34.9 Å². The number of oxime groups is 1. The lowest BCUT2D eigenvalue weighted by Gasteiger charge is -2.13. The normalized spacial score (nSPS) is 11.7. The smallest absolute Gasteiger partial charge is 0.332 e. The molecule has 0 bridgehead atoms. The molecule has 0 saturated carbocycles.